The van der Waals surface area contributed by atoms with Gasteiger partial charge >= 0.3 is 0 Å². The first-order chi connectivity index (χ1) is 13.7. The maximum Gasteiger partial charge on any atom is 0.280 e. The van der Waals surface area contributed by atoms with Crippen LogP contribution in [0, 0.1) is 0 Å². The van der Waals surface area contributed by atoms with Gasteiger partial charge in [0.1, 0.15) is 5.75 Å². The molecule has 0 aromatic heterocycles. The average Bonchev–Trinajstić information content (AvgIpc) is 2.75. The zero-order valence-corrected chi connectivity index (χ0v) is 16.1. The van der Waals surface area contributed by atoms with E-state index >= 15 is 0 Å². The maximum atomic E-state index is 12.2. The van der Waals surface area contributed by atoms with Crippen LogP contribution in [0.5, 0.6) is 5.75 Å². The highest BCUT2D eigenvalue weighted by molar-refractivity contribution is 5.84. The van der Waals surface area contributed by atoms with Gasteiger partial charge in [-0.15, -0.1) is 0 Å². The summed E-state index contributed by atoms with van der Waals surface area (Å²) in [5, 5.41) is 4.01. The van der Waals surface area contributed by atoms with E-state index in [1.54, 1.807) is 13.1 Å². The predicted molar refractivity (Wildman–Crippen MR) is 114 cm³/mol. The van der Waals surface area contributed by atoms with Crippen molar-refractivity contribution in [1.82, 2.24) is 5.43 Å². The van der Waals surface area contributed by atoms with E-state index in [0.29, 0.717) is 5.75 Å². The molecular formula is C24H24N2O2. The molecule has 3 aromatic carbocycles. The highest BCUT2D eigenvalue weighted by atomic mass is 16.5. The second kappa shape index (κ2) is 9.51. The number of carbonyl (C=O) groups excluding carboxylic acids is 1. The number of benzene rings is 3. The van der Waals surface area contributed by atoms with Crippen LogP contribution in [0.25, 0.3) is 11.1 Å². The van der Waals surface area contributed by atoms with Crippen molar-refractivity contribution in [2.75, 3.05) is 0 Å². The summed E-state index contributed by atoms with van der Waals surface area (Å²) in [4.78, 5) is 12.2. The number of hydrogen-bond acceptors (Lipinski definition) is 3. The minimum atomic E-state index is -0.651. The molecule has 1 N–H and O–H groups in total. The zero-order chi connectivity index (χ0) is 19.8. The van der Waals surface area contributed by atoms with E-state index < -0.39 is 6.10 Å². The molecule has 3 rings (SSSR count). The lowest BCUT2D eigenvalue weighted by Gasteiger charge is -2.13. The normalized spacial score (nSPS) is 11.9. The Bertz CT molecular complexity index is 917. The Morgan fingerprint density at radius 2 is 1.61 bits per heavy atom. The Hall–Kier alpha value is -3.40. The Morgan fingerprint density at radius 1 is 0.964 bits per heavy atom. The third-order valence-corrected chi connectivity index (χ3v) is 4.42. The molecule has 142 valence electrons. The first-order valence-corrected chi connectivity index (χ1v) is 9.39. The molecule has 0 bridgehead atoms. The molecule has 1 atom stereocenters. The van der Waals surface area contributed by atoms with Gasteiger partial charge in [0, 0.05) is 0 Å². The standard InChI is InChI=1S/C24H24N2O2/c1-3-19-9-11-20(12-10-19)17-25-26-24(27)18(2)28-23-15-13-22(14-16-23)21-7-5-4-6-8-21/h4-18H,3H2,1-2H3,(H,26,27)/b25-17+. The van der Waals surface area contributed by atoms with Gasteiger partial charge < -0.3 is 4.74 Å². The lowest BCUT2D eigenvalue weighted by molar-refractivity contribution is -0.127. The van der Waals surface area contributed by atoms with Crippen LogP contribution in [-0.2, 0) is 11.2 Å². The molecule has 1 unspecified atom stereocenters. The van der Waals surface area contributed by atoms with Gasteiger partial charge in [-0.25, -0.2) is 5.43 Å². The molecule has 0 heterocycles. The second-order valence-corrected chi connectivity index (χ2v) is 6.48. The summed E-state index contributed by atoms with van der Waals surface area (Å²) in [7, 11) is 0. The molecule has 0 aliphatic heterocycles. The molecule has 1 amide bonds. The smallest absolute Gasteiger partial charge is 0.280 e. The summed E-state index contributed by atoms with van der Waals surface area (Å²) in [5.41, 5.74) is 6.96. The van der Waals surface area contributed by atoms with Gasteiger partial charge in [-0.05, 0) is 47.7 Å². The van der Waals surface area contributed by atoms with Crippen molar-refractivity contribution in [2.45, 2.75) is 26.4 Å². The second-order valence-electron chi connectivity index (χ2n) is 6.48. The number of nitrogens with one attached hydrogen (secondary N) is 1. The van der Waals surface area contributed by atoms with Crippen molar-refractivity contribution in [3.63, 3.8) is 0 Å². The fraction of sp³-hybridized carbons (Fsp3) is 0.167. The minimum Gasteiger partial charge on any atom is -0.481 e. The fourth-order valence-electron chi connectivity index (χ4n) is 2.71. The van der Waals surface area contributed by atoms with Crippen LogP contribution in [0.1, 0.15) is 25.0 Å². The van der Waals surface area contributed by atoms with Gasteiger partial charge in [-0.1, -0.05) is 73.7 Å². The lowest BCUT2D eigenvalue weighted by atomic mass is 10.1. The van der Waals surface area contributed by atoms with E-state index in [2.05, 4.69) is 29.6 Å². The lowest BCUT2D eigenvalue weighted by Crippen LogP contribution is -2.33. The van der Waals surface area contributed by atoms with Crippen LogP contribution in [0.4, 0.5) is 0 Å². The van der Waals surface area contributed by atoms with E-state index in [1.165, 1.54) is 5.56 Å². The Morgan fingerprint density at radius 3 is 2.25 bits per heavy atom. The number of amides is 1. The number of rotatable bonds is 7. The van der Waals surface area contributed by atoms with Crippen LogP contribution in [0.2, 0.25) is 0 Å². The third kappa shape index (κ3) is 5.30. The third-order valence-electron chi connectivity index (χ3n) is 4.42. The number of nitrogens with zero attached hydrogens (tertiary/aromatic N) is 1. The van der Waals surface area contributed by atoms with E-state index in [9.17, 15) is 4.79 Å². The molecule has 28 heavy (non-hydrogen) atoms. The number of hydrazone groups is 1. The summed E-state index contributed by atoms with van der Waals surface area (Å²) in [6.45, 7) is 3.81. The van der Waals surface area contributed by atoms with E-state index in [1.807, 2.05) is 66.7 Å². The van der Waals surface area contributed by atoms with Crippen LogP contribution in [0.3, 0.4) is 0 Å². The Balaban J connectivity index is 1.52. The Labute approximate surface area is 165 Å². The van der Waals surface area contributed by atoms with Crippen LogP contribution in [-0.4, -0.2) is 18.2 Å². The number of aryl methyl sites for hydroxylation is 1. The molecule has 0 fully saturated rings. The number of carbonyl (C=O) groups is 1. The molecule has 4 heteroatoms. The van der Waals surface area contributed by atoms with Gasteiger partial charge in [0.15, 0.2) is 6.10 Å². The largest absolute Gasteiger partial charge is 0.481 e. The van der Waals surface area contributed by atoms with Gasteiger partial charge in [-0.3, -0.25) is 4.79 Å². The SMILES string of the molecule is CCc1ccc(/C=N/NC(=O)C(C)Oc2ccc(-c3ccccc3)cc2)cc1. The summed E-state index contributed by atoms with van der Waals surface area (Å²) in [6.07, 6.45) is 1.97. The highest BCUT2D eigenvalue weighted by Crippen LogP contribution is 2.22. The maximum absolute atomic E-state index is 12.2. The summed E-state index contributed by atoms with van der Waals surface area (Å²) in [5.74, 6) is 0.343. The molecule has 3 aromatic rings. The fourth-order valence-corrected chi connectivity index (χ4v) is 2.71. The van der Waals surface area contributed by atoms with Crippen molar-refractivity contribution in [2.24, 2.45) is 5.10 Å². The van der Waals surface area contributed by atoms with Gasteiger partial charge in [0.05, 0.1) is 6.21 Å². The Kier molecular flexibility index (Phi) is 6.58. The highest BCUT2D eigenvalue weighted by Gasteiger charge is 2.13. The molecule has 0 saturated carbocycles. The molecule has 0 aliphatic carbocycles. The quantitative estimate of drug-likeness (QED) is 0.477. The molecule has 4 nitrogen and oxygen atoms in total. The first kappa shape index (κ1) is 19.4. The number of hydrogen-bond donors (Lipinski definition) is 1. The predicted octanol–water partition coefficient (Wildman–Crippen LogP) is 4.83. The van der Waals surface area contributed by atoms with Crippen molar-refractivity contribution in [3.05, 3.63) is 90.0 Å². The molecule has 0 spiro atoms. The molecule has 0 aliphatic rings. The van der Waals surface area contributed by atoms with Crippen LogP contribution >= 0.6 is 0 Å². The van der Waals surface area contributed by atoms with Gasteiger partial charge in [0.25, 0.3) is 5.91 Å². The summed E-state index contributed by atoms with van der Waals surface area (Å²) in [6, 6.07) is 25.8. The van der Waals surface area contributed by atoms with Crippen molar-refractivity contribution >= 4 is 12.1 Å². The van der Waals surface area contributed by atoms with Gasteiger partial charge in [-0.2, -0.15) is 5.10 Å². The molecule has 0 saturated heterocycles. The van der Waals surface area contributed by atoms with Crippen LogP contribution < -0.4 is 10.2 Å². The number of ether oxygens (including phenoxy) is 1. The molecule has 0 radical (unpaired) electrons. The monoisotopic (exact) mass is 372 g/mol. The topological polar surface area (TPSA) is 50.7 Å². The van der Waals surface area contributed by atoms with Crippen molar-refractivity contribution in [1.29, 1.82) is 0 Å². The minimum absolute atomic E-state index is 0.298. The summed E-state index contributed by atoms with van der Waals surface area (Å²) < 4.78 is 5.71. The van der Waals surface area contributed by atoms with Gasteiger partial charge in [0.2, 0.25) is 0 Å². The molecular weight excluding hydrogens is 348 g/mol. The van der Waals surface area contributed by atoms with Crippen molar-refractivity contribution in [3.8, 4) is 16.9 Å². The average molecular weight is 372 g/mol. The van der Waals surface area contributed by atoms with E-state index in [0.717, 1.165) is 23.1 Å². The van der Waals surface area contributed by atoms with Crippen molar-refractivity contribution < 1.29 is 9.53 Å². The van der Waals surface area contributed by atoms with E-state index in [-0.39, 0.29) is 5.91 Å². The first-order valence-electron chi connectivity index (χ1n) is 9.39. The summed E-state index contributed by atoms with van der Waals surface area (Å²) >= 11 is 0. The zero-order valence-electron chi connectivity index (χ0n) is 16.1. The van der Waals surface area contributed by atoms with E-state index in [4.69, 9.17) is 4.74 Å². The van der Waals surface area contributed by atoms with Crippen LogP contribution in [0.15, 0.2) is 84.0 Å².